The molecule has 146 valence electrons. The Kier molecular flexibility index (Phi) is 5.08. The summed E-state index contributed by atoms with van der Waals surface area (Å²) in [5, 5.41) is 8.90. The molecule has 0 fully saturated rings. The minimum Gasteiger partial charge on any atom is -0.308 e. The Balaban J connectivity index is 1.75. The van der Waals surface area contributed by atoms with Crippen LogP contribution in [-0.4, -0.2) is 15.8 Å². The zero-order valence-electron chi connectivity index (χ0n) is 14.9. The monoisotopic (exact) mass is 392 g/mol. The van der Waals surface area contributed by atoms with E-state index in [9.17, 15) is 22.4 Å². The predicted molar refractivity (Wildman–Crippen MR) is 97.4 cm³/mol. The molecule has 1 aromatic heterocycles. The van der Waals surface area contributed by atoms with Gasteiger partial charge >= 0.3 is 12.2 Å². The molecule has 0 bridgehead atoms. The maximum atomic E-state index is 14.0. The number of halogens is 4. The molecular weight excluding hydrogens is 376 g/mol. The fourth-order valence-corrected chi connectivity index (χ4v) is 2.70. The molecule has 28 heavy (non-hydrogen) atoms. The highest BCUT2D eigenvalue weighted by Crippen LogP contribution is 2.30. The van der Waals surface area contributed by atoms with Crippen LogP contribution in [0.5, 0.6) is 0 Å². The summed E-state index contributed by atoms with van der Waals surface area (Å²) in [6, 6.07) is 8.40. The molecule has 0 aliphatic heterocycles. The molecule has 0 spiro atoms. The summed E-state index contributed by atoms with van der Waals surface area (Å²) in [6.07, 6.45) is -3.34. The van der Waals surface area contributed by atoms with E-state index in [2.05, 4.69) is 15.7 Å². The zero-order valence-corrected chi connectivity index (χ0v) is 14.9. The van der Waals surface area contributed by atoms with Crippen molar-refractivity contribution in [1.29, 1.82) is 0 Å². The molecule has 3 aromatic rings. The van der Waals surface area contributed by atoms with Crippen molar-refractivity contribution in [3.8, 4) is 11.3 Å². The van der Waals surface area contributed by atoms with E-state index in [1.807, 2.05) is 0 Å². The molecule has 1 heterocycles. The lowest BCUT2D eigenvalue weighted by atomic mass is 10.0. The summed E-state index contributed by atoms with van der Waals surface area (Å²) < 4.78 is 53.1. The van der Waals surface area contributed by atoms with Gasteiger partial charge in [-0.05, 0) is 48.9 Å². The molecule has 2 aromatic carbocycles. The van der Waals surface area contributed by atoms with E-state index in [4.69, 9.17) is 0 Å². The standard InChI is InChI=1S/C19H16F4N4O/c1-11-3-6-14(9-15(11)17-16(20)10-24-27(17)2)26-18(28)25-13-7-4-12(5-8-13)19(21,22)23/h3-10H,1-2H3,(H2,25,26,28). The minimum absolute atomic E-state index is 0.204. The van der Waals surface area contributed by atoms with E-state index < -0.39 is 23.6 Å². The summed E-state index contributed by atoms with van der Waals surface area (Å²) in [5.41, 5.74) is 1.42. The van der Waals surface area contributed by atoms with Crippen LogP contribution in [0.15, 0.2) is 48.7 Å². The van der Waals surface area contributed by atoms with Gasteiger partial charge in [0, 0.05) is 24.0 Å². The number of hydrogen-bond acceptors (Lipinski definition) is 2. The number of urea groups is 1. The Hall–Kier alpha value is -3.36. The molecule has 0 saturated carbocycles. The Morgan fingerprint density at radius 1 is 1.04 bits per heavy atom. The van der Waals surface area contributed by atoms with Crippen molar-refractivity contribution in [3.05, 3.63) is 65.6 Å². The molecule has 0 radical (unpaired) electrons. The molecular formula is C19H16F4N4O. The lowest BCUT2D eigenvalue weighted by Crippen LogP contribution is -2.19. The second kappa shape index (κ2) is 7.34. The number of anilines is 2. The third-order valence-electron chi connectivity index (χ3n) is 4.11. The average Bonchev–Trinajstić information content (AvgIpc) is 2.95. The summed E-state index contributed by atoms with van der Waals surface area (Å²) in [4.78, 5) is 12.1. The van der Waals surface area contributed by atoms with E-state index in [1.54, 1.807) is 32.2 Å². The van der Waals surface area contributed by atoms with Crippen molar-refractivity contribution in [1.82, 2.24) is 9.78 Å². The highest BCUT2D eigenvalue weighted by Gasteiger charge is 2.30. The number of nitrogens with one attached hydrogen (secondary N) is 2. The normalized spacial score (nSPS) is 11.4. The minimum atomic E-state index is -4.44. The molecule has 0 aliphatic rings. The Morgan fingerprint density at radius 3 is 2.21 bits per heavy atom. The van der Waals surface area contributed by atoms with Gasteiger partial charge in [-0.25, -0.2) is 9.18 Å². The average molecular weight is 392 g/mol. The van der Waals surface area contributed by atoms with Crippen LogP contribution in [0, 0.1) is 12.7 Å². The van der Waals surface area contributed by atoms with Gasteiger partial charge in [0.2, 0.25) is 0 Å². The largest absolute Gasteiger partial charge is 0.416 e. The molecule has 0 aliphatic carbocycles. The van der Waals surface area contributed by atoms with Crippen LogP contribution in [0.3, 0.4) is 0 Å². The highest BCUT2D eigenvalue weighted by atomic mass is 19.4. The third-order valence-corrected chi connectivity index (χ3v) is 4.11. The quantitative estimate of drug-likeness (QED) is 0.602. The second-order valence-corrected chi connectivity index (χ2v) is 6.15. The lowest BCUT2D eigenvalue weighted by Gasteiger charge is -2.12. The van der Waals surface area contributed by atoms with Gasteiger partial charge in [0.25, 0.3) is 0 Å². The number of nitrogens with zero attached hydrogens (tertiary/aromatic N) is 2. The van der Waals surface area contributed by atoms with Crippen LogP contribution in [0.1, 0.15) is 11.1 Å². The number of alkyl halides is 3. The maximum Gasteiger partial charge on any atom is 0.416 e. The first-order chi connectivity index (χ1) is 13.1. The van der Waals surface area contributed by atoms with Gasteiger partial charge < -0.3 is 10.6 Å². The number of carbonyl (C=O) groups excluding carboxylic acids is 1. The number of amides is 2. The van der Waals surface area contributed by atoms with Crippen LogP contribution < -0.4 is 10.6 Å². The van der Waals surface area contributed by atoms with Gasteiger partial charge in [-0.15, -0.1) is 0 Å². The van der Waals surface area contributed by atoms with Crippen molar-refractivity contribution < 1.29 is 22.4 Å². The van der Waals surface area contributed by atoms with Crippen LogP contribution in [0.25, 0.3) is 11.3 Å². The third kappa shape index (κ3) is 4.13. The van der Waals surface area contributed by atoms with Gasteiger partial charge in [0.1, 0.15) is 5.69 Å². The van der Waals surface area contributed by atoms with Crippen LogP contribution in [-0.2, 0) is 13.2 Å². The summed E-state index contributed by atoms with van der Waals surface area (Å²) >= 11 is 0. The SMILES string of the molecule is Cc1ccc(NC(=O)Nc2ccc(C(F)(F)F)cc2)cc1-c1c(F)cnn1C. The van der Waals surface area contributed by atoms with Crippen LogP contribution >= 0.6 is 0 Å². The Bertz CT molecular complexity index is 990. The number of carbonyl (C=O) groups is 1. The van der Waals surface area contributed by atoms with Crippen molar-refractivity contribution >= 4 is 17.4 Å². The molecule has 0 unspecified atom stereocenters. The Morgan fingerprint density at radius 2 is 1.64 bits per heavy atom. The van der Waals surface area contributed by atoms with Gasteiger partial charge in [0.05, 0.1) is 11.8 Å². The second-order valence-electron chi connectivity index (χ2n) is 6.15. The number of aryl methyl sites for hydroxylation is 2. The topological polar surface area (TPSA) is 59.0 Å². The van der Waals surface area contributed by atoms with E-state index in [0.29, 0.717) is 11.3 Å². The fraction of sp³-hybridized carbons (Fsp3) is 0.158. The fourth-order valence-electron chi connectivity index (χ4n) is 2.70. The first-order valence-corrected chi connectivity index (χ1v) is 8.19. The smallest absolute Gasteiger partial charge is 0.308 e. The number of hydrogen-bond donors (Lipinski definition) is 2. The van der Waals surface area contributed by atoms with Gasteiger partial charge in [-0.3, -0.25) is 4.68 Å². The van der Waals surface area contributed by atoms with Crippen molar-refractivity contribution in [2.24, 2.45) is 7.05 Å². The number of aromatic nitrogens is 2. The summed E-state index contributed by atoms with van der Waals surface area (Å²) in [7, 11) is 1.61. The number of rotatable bonds is 3. The van der Waals surface area contributed by atoms with Crippen molar-refractivity contribution in [2.45, 2.75) is 13.1 Å². The maximum absolute atomic E-state index is 14.0. The van der Waals surface area contributed by atoms with E-state index in [0.717, 1.165) is 36.0 Å². The molecule has 5 nitrogen and oxygen atoms in total. The lowest BCUT2D eigenvalue weighted by molar-refractivity contribution is -0.137. The van der Waals surface area contributed by atoms with Gasteiger partial charge in [0.15, 0.2) is 5.82 Å². The van der Waals surface area contributed by atoms with Gasteiger partial charge in [-0.2, -0.15) is 18.3 Å². The molecule has 9 heteroatoms. The molecule has 2 N–H and O–H groups in total. The molecule has 0 saturated heterocycles. The highest BCUT2D eigenvalue weighted by molar-refractivity contribution is 6.00. The van der Waals surface area contributed by atoms with Crippen molar-refractivity contribution in [2.75, 3.05) is 10.6 Å². The molecule has 0 atom stereocenters. The van der Waals surface area contributed by atoms with Crippen LogP contribution in [0.4, 0.5) is 33.7 Å². The van der Waals surface area contributed by atoms with Gasteiger partial charge in [-0.1, -0.05) is 6.07 Å². The van der Waals surface area contributed by atoms with Crippen molar-refractivity contribution in [3.63, 3.8) is 0 Å². The molecule has 2 amide bonds. The summed E-state index contributed by atoms with van der Waals surface area (Å²) in [5.74, 6) is -0.489. The van der Waals surface area contributed by atoms with E-state index in [1.165, 1.54) is 4.68 Å². The van der Waals surface area contributed by atoms with E-state index in [-0.39, 0.29) is 11.4 Å². The Labute approximate surface area is 158 Å². The van der Waals surface area contributed by atoms with Crippen LogP contribution in [0.2, 0.25) is 0 Å². The van der Waals surface area contributed by atoms with E-state index >= 15 is 0 Å². The predicted octanol–water partition coefficient (Wildman–Crippen LogP) is 5.20. The summed E-state index contributed by atoms with van der Waals surface area (Å²) in [6.45, 7) is 1.80. The molecule has 3 rings (SSSR count). The first-order valence-electron chi connectivity index (χ1n) is 8.19. The first kappa shape index (κ1) is 19.4. The number of benzene rings is 2. The zero-order chi connectivity index (χ0) is 20.5.